The van der Waals surface area contributed by atoms with Gasteiger partial charge in [0.15, 0.2) is 0 Å². The minimum atomic E-state index is 0.125. The Labute approximate surface area is 155 Å². The quantitative estimate of drug-likeness (QED) is 0.829. The highest BCUT2D eigenvalue weighted by Gasteiger charge is 2.21. The molecule has 1 aliphatic heterocycles. The second-order valence-corrected chi connectivity index (χ2v) is 7.25. The maximum atomic E-state index is 12.3. The number of rotatable bonds is 7. The fourth-order valence-corrected chi connectivity index (χ4v) is 3.71. The Kier molecular flexibility index (Phi) is 6.45. The first kappa shape index (κ1) is 18.6. The van der Waals surface area contributed by atoms with Crippen molar-refractivity contribution in [1.82, 2.24) is 15.4 Å². The van der Waals surface area contributed by atoms with Gasteiger partial charge >= 0.3 is 0 Å². The zero-order valence-electron chi connectivity index (χ0n) is 15.8. The minimum Gasteiger partial charge on any atom is -0.361 e. The van der Waals surface area contributed by atoms with E-state index in [2.05, 4.69) is 45.7 Å². The van der Waals surface area contributed by atoms with E-state index in [1.54, 1.807) is 0 Å². The third-order valence-electron chi connectivity index (χ3n) is 5.21. The number of nitrogens with one attached hydrogen (secondary N) is 1. The monoisotopic (exact) mass is 355 g/mol. The molecule has 1 aliphatic rings. The van der Waals surface area contributed by atoms with E-state index in [0.29, 0.717) is 12.8 Å². The summed E-state index contributed by atoms with van der Waals surface area (Å²) in [6, 6.07) is 10.9. The lowest BCUT2D eigenvalue weighted by atomic mass is 10.0. The van der Waals surface area contributed by atoms with Gasteiger partial charge in [-0.25, -0.2) is 0 Å². The summed E-state index contributed by atoms with van der Waals surface area (Å²) < 4.78 is 5.17. The summed E-state index contributed by atoms with van der Waals surface area (Å²) in [6.45, 7) is 6.95. The summed E-state index contributed by atoms with van der Waals surface area (Å²) in [5.41, 5.74) is 3.33. The van der Waals surface area contributed by atoms with Crippen LogP contribution in [0, 0.1) is 13.8 Å². The fraction of sp³-hybridized carbons (Fsp3) is 0.524. The Morgan fingerprint density at radius 2 is 2.08 bits per heavy atom. The van der Waals surface area contributed by atoms with Crippen molar-refractivity contribution >= 4 is 5.91 Å². The number of nitrogens with zero attached hydrogens (tertiary/aromatic N) is 2. The van der Waals surface area contributed by atoms with Gasteiger partial charge < -0.3 is 14.7 Å². The first-order chi connectivity index (χ1) is 12.6. The van der Waals surface area contributed by atoms with Crippen LogP contribution in [0.5, 0.6) is 0 Å². The first-order valence-electron chi connectivity index (χ1n) is 9.59. The van der Waals surface area contributed by atoms with Gasteiger partial charge in [0.05, 0.1) is 5.69 Å². The largest absolute Gasteiger partial charge is 0.361 e. The molecule has 1 saturated heterocycles. The summed E-state index contributed by atoms with van der Waals surface area (Å²) in [4.78, 5) is 14.8. The van der Waals surface area contributed by atoms with E-state index in [1.165, 1.54) is 5.56 Å². The van der Waals surface area contributed by atoms with E-state index in [-0.39, 0.29) is 11.9 Å². The highest BCUT2D eigenvalue weighted by atomic mass is 16.5. The molecule has 1 aromatic carbocycles. The van der Waals surface area contributed by atoms with Crippen molar-refractivity contribution in [3.05, 3.63) is 52.9 Å². The molecule has 140 valence electrons. The minimum absolute atomic E-state index is 0.125. The Bertz CT molecular complexity index is 692. The van der Waals surface area contributed by atoms with Crippen LogP contribution in [0.3, 0.4) is 0 Å². The molecule has 2 heterocycles. The van der Waals surface area contributed by atoms with E-state index >= 15 is 0 Å². The van der Waals surface area contributed by atoms with Crippen LogP contribution >= 0.6 is 0 Å². The van der Waals surface area contributed by atoms with Crippen molar-refractivity contribution in [3.63, 3.8) is 0 Å². The number of likely N-dealkylation sites (tertiary alicyclic amines) is 1. The van der Waals surface area contributed by atoms with E-state index in [1.807, 2.05) is 13.8 Å². The Hall–Kier alpha value is -2.14. The molecular weight excluding hydrogens is 326 g/mol. The molecule has 0 aliphatic carbocycles. The molecule has 5 nitrogen and oxygen atoms in total. The standard InChI is InChI=1S/C21H29N3O2/c1-16-20(17(2)26-23-16)10-11-21(25)22-19-9-6-13-24(15-19)14-12-18-7-4-3-5-8-18/h3-5,7-8,19H,6,9-15H2,1-2H3,(H,22,25)/t19-/m1/s1. The molecule has 1 fully saturated rings. The molecule has 0 saturated carbocycles. The van der Waals surface area contributed by atoms with Gasteiger partial charge in [-0.05, 0) is 51.6 Å². The van der Waals surface area contributed by atoms with E-state index in [0.717, 1.165) is 55.9 Å². The number of hydrogen-bond donors (Lipinski definition) is 1. The van der Waals surface area contributed by atoms with Crippen molar-refractivity contribution in [3.8, 4) is 0 Å². The van der Waals surface area contributed by atoms with Crippen LogP contribution in [0.25, 0.3) is 0 Å². The van der Waals surface area contributed by atoms with Crippen LogP contribution in [-0.4, -0.2) is 41.6 Å². The predicted octanol–water partition coefficient (Wildman–Crippen LogP) is 3.05. The predicted molar refractivity (Wildman–Crippen MR) is 102 cm³/mol. The molecular formula is C21H29N3O2. The number of aromatic nitrogens is 1. The van der Waals surface area contributed by atoms with Crippen molar-refractivity contribution in [2.75, 3.05) is 19.6 Å². The van der Waals surface area contributed by atoms with E-state index < -0.39 is 0 Å². The molecule has 2 aromatic rings. The lowest BCUT2D eigenvalue weighted by Crippen LogP contribution is -2.48. The summed E-state index contributed by atoms with van der Waals surface area (Å²) in [7, 11) is 0. The molecule has 1 amide bonds. The van der Waals surface area contributed by atoms with Crippen LogP contribution in [-0.2, 0) is 17.6 Å². The lowest BCUT2D eigenvalue weighted by molar-refractivity contribution is -0.122. The van der Waals surface area contributed by atoms with Gasteiger partial charge in [0, 0.05) is 31.1 Å². The van der Waals surface area contributed by atoms with Crippen LogP contribution in [0.2, 0.25) is 0 Å². The zero-order chi connectivity index (χ0) is 18.4. The Morgan fingerprint density at radius 1 is 1.27 bits per heavy atom. The van der Waals surface area contributed by atoms with Crippen molar-refractivity contribution in [2.24, 2.45) is 0 Å². The number of hydrogen-bond acceptors (Lipinski definition) is 4. The van der Waals surface area contributed by atoms with Crippen molar-refractivity contribution < 1.29 is 9.32 Å². The highest BCUT2D eigenvalue weighted by Crippen LogP contribution is 2.15. The van der Waals surface area contributed by atoms with Gasteiger partial charge in [0.1, 0.15) is 5.76 Å². The average molecular weight is 355 g/mol. The SMILES string of the molecule is Cc1noc(C)c1CCC(=O)N[C@@H]1CCCN(CCc2ccccc2)C1. The van der Waals surface area contributed by atoms with Gasteiger partial charge in [0.25, 0.3) is 0 Å². The Morgan fingerprint density at radius 3 is 2.81 bits per heavy atom. The average Bonchev–Trinajstić information content (AvgIpc) is 2.97. The number of aryl methyl sites for hydroxylation is 2. The number of carbonyl (C=O) groups excluding carboxylic acids is 1. The summed E-state index contributed by atoms with van der Waals surface area (Å²) >= 11 is 0. The van der Waals surface area contributed by atoms with Gasteiger partial charge in [-0.15, -0.1) is 0 Å². The maximum absolute atomic E-state index is 12.3. The number of piperidine rings is 1. The normalized spacial score (nSPS) is 18.0. The molecule has 0 spiro atoms. The van der Waals surface area contributed by atoms with E-state index in [9.17, 15) is 4.79 Å². The van der Waals surface area contributed by atoms with Crippen LogP contribution in [0.1, 0.15) is 41.8 Å². The molecule has 0 unspecified atom stereocenters. The molecule has 0 radical (unpaired) electrons. The number of amides is 1. The molecule has 26 heavy (non-hydrogen) atoms. The maximum Gasteiger partial charge on any atom is 0.220 e. The topological polar surface area (TPSA) is 58.4 Å². The lowest BCUT2D eigenvalue weighted by Gasteiger charge is -2.33. The summed E-state index contributed by atoms with van der Waals surface area (Å²) in [5, 5.41) is 7.17. The molecule has 1 N–H and O–H groups in total. The van der Waals surface area contributed by atoms with Gasteiger partial charge in [-0.2, -0.15) is 0 Å². The fourth-order valence-electron chi connectivity index (χ4n) is 3.71. The van der Waals surface area contributed by atoms with Gasteiger partial charge in [-0.1, -0.05) is 35.5 Å². The molecule has 3 rings (SSSR count). The van der Waals surface area contributed by atoms with Crippen molar-refractivity contribution in [1.29, 1.82) is 0 Å². The van der Waals surface area contributed by atoms with Gasteiger partial charge in [-0.3, -0.25) is 4.79 Å². The molecule has 1 atom stereocenters. The second-order valence-electron chi connectivity index (χ2n) is 7.25. The second kappa shape index (κ2) is 8.99. The summed E-state index contributed by atoms with van der Waals surface area (Å²) in [5.74, 6) is 0.944. The Balaban J connectivity index is 1.42. The highest BCUT2D eigenvalue weighted by molar-refractivity contribution is 5.76. The van der Waals surface area contributed by atoms with Gasteiger partial charge in [0.2, 0.25) is 5.91 Å². The number of benzene rings is 1. The molecule has 0 bridgehead atoms. The first-order valence-corrected chi connectivity index (χ1v) is 9.59. The third kappa shape index (κ3) is 5.18. The number of carbonyl (C=O) groups is 1. The molecule has 5 heteroatoms. The van der Waals surface area contributed by atoms with E-state index in [4.69, 9.17) is 4.52 Å². The summed E-state index contributed by atoms with van der Waals surface area (Å²) in [6.07, 6.45) is 4.46. The third-order valence-corrected chi connectivity index (χ3v) is 5.21. The van der Waals surface area contributed by atoms with Crippen LogP contribution < -0.4 is 5.32 Å². The van der Waals surface area contributed by atoms with Crippen LogP contribution in [0.4, 0.5) is 0 Å². The smallest absolute Gasteiger partial charge is 0.220 e. The van der Waals surface area contributed by atoms with Crippen LogP contribution in [0.15, 0.2) is 34.9 Å². The van der Waals surface area contributed by atoms with Crippen molar-refractivity contribution in [2.45, 2.75) is 52.0 Å². The molecule has 1 aromatic heterocycles. The zero-order valence-corrected chi connectivity index (χ0v) is 15.8.